The van der Waals surface area contributed by atoms with Crippen LogP contribution in [0, 0.1) is 0 Å². The summed E-state index contributed by atoms with van der Waals surface area (Å²) in [7, 11) is 0. The number of halogens is 1. The van der Waals surface area contributed by atoms with E-state index in [4.69, 9.17) is 16.7 Å². The van der Waals surface area contributed by atoms with E-state index in [1.165, 1.54) is 6.92 Å². The largest absolute Gasteiger partial charge is 0.393 e. The highest BCUT2D eigenvalue weighted by Crippen LogP contribution is 2.25. The summed E-state index contributed by atoms with van der Waals surface area (Å²) in [5.74, 6) is -0.403. The van der Waals surface area contributed by atoms with E-state index < -0.39 is 6.10 Å². The SMILES string of the molecule is CC(=O)Nc1ccc(NC(=O)CCC(C)O)cc1Cl. The Bertz CT molecular complexity index is 475. The number of hydrogen-bond donors (Lipinski definition) is 3. The van der Waals surface area contributed by atoms with Gasteiger partial charge in [-0.25, -0.2) is 0 Å². The van der Waals surface area contributed by atoms with Crippen molar-refractivity contribution in [1.82, 2.24) is 0 Å². The van der Waals surface area contributed by atoms with Gasteiger partial charge in [-0.3, -0.25) is 9.59 Å². The second-order valence-corrected chi connectivity index (χ2v) is 4.72. The van der Waals surface area contributed by atoms with Crippen LogP contribution in [0.25, 0.3) is 0 Å². The molecule has 0 radical (unpaired) electrons. The summed E-state index contributed by atoms with van der Waals surface area (Å²) in [6.45, 7) is 3.02. The number of nitrogens with one attached hydrogen (secondary N) is 2. The average Bonchev–Trinajstić information content (AvgIpc) is 2.29. The molecule has 1 aromatic carbocycles. The number of anilines is 2. The molecule has 0 saturated carbocycles. The van der Waals surface area contributed by atoms with E-state index >= 15 is 0 Å². The number of carbonyl (C=O) groups is 2. The number of amides is 2. The zero-order valence-corrected chi connectivity index (χ0v) is 11.6. The van der Waals surface area contributed by atoms with Crippen molar-refractivity contribution in [2.75, 3.05) is 10.6 Å². The highest BCUT2D eigenvalue weighted by Gasteiger charge is 2.07. The molecular weight excluding hydrogens is 268 g/mol. The molecule has 1 atom stereocenters. The molecule has 0 aliphatic carbocycles. The lowest BCUT2D eigenvalue weighted by Crippen LogP contribution is -2.14. The van der Waals surface area contributed by atoms with E-state index in [1.807, 2.05) is 0 Å². The Morgan fingerprint density at radius 3 is 2.58 bits per heavy atom. The van der Waals surface area contributed by atoms with Gasteiger partial charge in [0.1, 0.15) is 0 Å². The Morgan fingerprint density at radius 2 is 2.05 bits per heavy atom. The van der Waals surface area contributed by atoms with Gasteiger partial charge in [-0.05, 0) is 31.5 Å². The fraction of sp³-hybridized carbons (Fsp3) is 0.385. The van der Waals surface area contributed by atoms with E-state index in [2.05, 4.69) is 10.6 Å². The number of aliphatic hydroxyl groups excluding tert-OH is 1. The van der Waals surface area contributed by atoms with Crippen molar-refractivity contribution >= 4 is 34.8 Å². The van der Waals surface area contributed by atoms with Gasteiger partial charge < -0.3 is 15.7 Å². The molecule has 0 heterocycles. The summed E-state index contributed by atoms with van der Waals surface area (Å²) in [5, 5.41) is 14.7. The van der Waals surface area contributed by atoms with Crippen LogP contribution in [-0.4, -0.2) is 23.0 Å². The Balaban J connectivity index is 2.63. The van der Waals surface area contributed by atoms with Crippen molar-refractivity contribution in [3.05, 3.63) is 23.2 Å². The Morgan fingerprint density at radius 1 is 1.37 bits per heavy atom. The first kappa shape index (κ1) is 15.5. The molecule has 1 rings (SSSR count). The molecule has 0 fully saturated rings. The molecule has 0 aliphatic rings. The van der Waals surface area contributed by atoms with Crippen molar-refractivity contribution < 1.29 is 14.7 Å². The molecule has 104 valence electrons. The maximum Gasteiger partial charge on any atom is 0.224 e. The Kier molecular flexibility index (Phi) is 5.79. The van der Waals surface area contributed by atoms with Crippen LogP contribution in [-0.2, 0) is 9.59 Å². The van der Waals surface area contributed by atoms with Gasteiger partial charge in [-0.1, -0.05) is 11.6 Å². The minimum Gasteiger partial charge on any atom is -0.393 e. The first-order chi connectivity index (χ1) is 8.88. The first-order valence-electron chi connectivity index (χ1n) is 5.93. The third kappa shape index (κ3) is 5.72. The summed E-state index contributed by atoms with van der Waals surface area (Å²) >= 11 is 5.98. The number of carbonyl (C=O) groups excluding carboxylic acids is 2. The van der Waals surface area contributed by atoms with Gasteiger partial charge in [0.2, 0.25) is 11.8 Å². The molecule has 3 N–H and O–H groups in total. The highest BCUT2D eigenvalue weighted by molar-refractivity contribution is 6.34. The predicted octanol–water partition coefficient (Wildman–Crippen LogP) is 2.40. The third-order valence-electron chi connectivity index (χ3n) is 2.35. The summed E-state index contributed by atoms with van der Waals surface area (Å²) in [6.07, 6.45) is 0.142. The van der Waals surface area contributed by atoms with Gasteiger partial charge >= 0.3 is 0 Å². The number of aliphatic hydroxyl groups is 1. The normalized spacial score (nSPS) is 11.8. The fourth-order valence-electron chi connectivity index (χ4n) is 1.45. The van der Waals surface area contributed by atoms with Crippen LogP contribution < -0.4 is 10.6 Å². The minimum atomic E-state index is -0.503. The standard InChI is InChI=1S/C13H17ClN2O3/c1-8(17)3-6-13(19)16-10-4-5-12(11(14)7-10)15-9(2)18/h4-5,7-8,17H,3,6H2,1-2H3,(H,15,18)(H,16,19). The number of benzene rings is 1. The molecule has 5 nitrogen and oxygen atoms in total. The third-order valence-corrected chi connectivity index (χ3v) is 2.67. The number of hydrogen-bond acceptors (Lipinski definition) is 3. The van der Waals surface area contributed by atoms with Gasteiger partial charge in [0, 0.05) is 19.0 Å². The maximum absolute atomic E-state index is 11.6. The molecule has 19 heavy (non-hydrogen) atoms. The van der Waals surface area contributed by atoms with Crippen molar-refractivity contribution in [1.29, 1.82) is 0 Å². The predicted molar refractivity (Wildman–Crippen MR) is 75.3 cm³/mol. The van der Waals surface area contributed by atoms with E-state index in [-0.39, 0.29) is 18.2 Å². The molecule has 2 amide bonds. The lowest BCUT2D eigenvalue weighted by molar-refractivity contribution is -0.117. The quantitative estimate of drug-likeness (QED) is 0.777. The average molecular weight is 285 g/mol. The first-order valence-corrected chi connectivity index (χ1v) is 6.31. The van der Waals surface area contributed by atoms with Gasteiger partial charge in [0.15, 0.2) is 0 Å². The summed E-state index contributed by atoms with van der Waals surface area (Å²) in [5.41, 5.74) is 1.05. The zero-order chi connectivity index (χ0) is 14.4. The van der Waals surface area contributed by atoms with Crippen LogP contribution in [0.15, 0.2) is 18.2 Å². The molecule has 0 saturated heterocycles. The second kappa shape index (κ2) is 7.11. The number of rotatable bonds is 5. The summed E-state index contributed by atoms with van der Waals surface area (Å²) < 4.78 is 0. The zero-order valence-electron chi connectivity index (χ0n) is 10.9. The molecule has 0 aromatic heterocycles. The van der Waals surface area contributed by atoms with E-state index in [0.717, 1.165) is 0 Å². The Hall–Kier alpha value is -1.59. The van der Waals surface area contributed by atoms with E-state index in [0.29, 0.717) is 22.8 Å². The molecule has 0 aliphatic heterocycles. The molecule has 6 heteroatoms. The monoisotopic (exact) mass is 284 g/mol. The van der Waals surface area contributed by atoms with Crippen LogP contribution in [0.1, 0.15) is 26.7 Å². The lowest BCUT2D eigenvalue weighted by Gasteiger charge is -2.09. The van der Waals surface area contributed by atoms with Gasteiger partial charge in [-0.15, -0.1) is 0 Å². The fourth-order valence-corrected chi connectivity index (χ4v) is 1.68. The van der Waals surface area contributed by atoms with Crippen molar-refractivity contribution in [2.24, 2.45) is 0 Å². The van der Waals surface area contributed by atoms with Crippen molar-refractivity contribution in [3.63, 3.8) is 0 Å². The minimum absolute atomic E-state index is 0.191. The van der Waals surface area contributed by atoms with Crippen LogP contribution in [0.4, 0.5) is 11.4 Å². The summed E-state index contributed by atoms with van der Waals surface area (Å²) in [6, 6.07) is 4.83. The second-order valence-electron chi connectivity index (χ2n) is 4.31. The van der Waals surface area contributed by atoms with Gasteiger partial charge in [-0.2, -0.15) is 0 Å². The van der Waals surface area contributed by atoms with Crippen LogP contribution in [0.2, 0.25) is 5.02 Å². The van der Waals surface area contributed by atoms with E-state index in [9.17, 15) is 9.59 Å². The smallest absolute Gasteiger partial charge is 0.224 e. The van der Waals surface area contributed by atoms with Crippen LogP contribution >= 0.6 is 11.6 Å². The Labute approximate surface area is 117 Å². The lowest BCUT2D eigenvalue weighted by atomic mass is 10.2. The summed E-state index contributed by atoms with van der Waals surface area (Å²) in [4.78, 5) is 22.5. The topological polar surface area (TPSA) is 78.4 Å². The van der Waals surface area contributed by atoms with Gasteiger partial charge in [0.05, 0.1) is 16.8 Å². The van der Waals surface area contributed by atoms with Crippen molar-refractivity contribution in [2.45, 2.75) is 32.8 Å². The highest BCUT2D eigenvalue weighted by atomic mass is 35.5. The molecule has 1 aromatic rings. The van der Waals surface area contributed by atoms with Crippen LogP contribution in [0.5, 0.6) is 0 Å². The van der Waals surface area contributed by atoms with Crippen LogP contribution in [0.3, 0.4) is 0 Å². The molecular formula is C13H17ClN2O3. The maximum atomic E-state index is 11.6. The molecule has 0 spiro atoms. The van der Waals surface area contributed by atoms with Gasteiger partial charge in [0.25, 0.3) is 0 Å². The van der Waals surface area contributed by atoms with Crippen molar-refractivity contribution in [3.8, 4) is 0 Å². The molecule has 1 unspecified atom stereocenters. The molecule has 0 bridgehead atoms. The van der Waals surface area contributed by atoms with E-state index in [1.54, 1.807) is 25.1 Å².